The number of hydrogen-bond acceptors (Lipinski definition) is 3. The van der Waals surface area contributed by atoms with Crippen LogP contribution in [0, 0.1) is 17.0 Å². The number of hydrogen-bond donors (Lipinski definition) is 1. The van der Waals surface area contributed by atoms with Crippen LogP contribution in [0.3, 0.4) is 0 Å². The van der Waals surface area contributed by atoms with Crippen LogP contribution in [-0.4, -0.2) is 4.92 Å². The summed E-state index contributed by atoms with van der Waals surface area (Å²) >= 11 is 3.45. The van der Waals surface area contributed by atoms with E-state index in [1.165, 1.54) is 6.07 Å². The van der Waals surface area contributed by atoms with Gasteiger partial charge in [0.2, 0.25) is 0 Å². The molecule has 1 unspecified atom stereocenters. The lowest BCUT2D eigenvalue weighted by atomic mass is 9.95. The van der Waals surface area contributed by atoms with E-state index in [0.29, 0.717) is 0 Å². The Morgan fingerprint density at radius 1 is 1.21 bits per heavy atom. The van der Waals surface area contributed by atoms with E-state index in [9.17, 15) is 10.1 Å². The average Bonchev–Trinajstić information content (AvgIpc) is 2.38. The molecule has 0 fully saturated rings. The lowest BCUT2D eigenvalue weighted by Crippen LogP contribution is -2.14. The summed E-state index contributed by atoms with van der Waals surface area (Å²) in [5, 5.41) is 10.8. The molecule has 5 heteroatoms. The minimum absolute atomic E-state index is 0.0584. The molecule has 2 aromatic rings. The van der Waals surface area contributed by atoms with Crippen molar-refractivity contribution < 1.29 is 4.92 Å². The molecule has 0 heterocycles. The zero-order valence-corrected chi connectivity index (χ0v) is 11.9. The first-order chi connectivity index (χ1) is 9.00. The number of halogens is 1. The molecule has 2 aromatic carbocycles. The second-order valence-corrected chi connectivity index (χ2v) is 5.15. The number of aryl methyl sites for hydroxylation is 1. The first-order valence-electron chi connectivity index (χ1n) is 5.75. The van der Waals surface area contributed by atoms with Crippen molar-refractivity contribution in [3.8, 4) is 0 Å². The lowest BCUT2D eigenvalue weighted by molar-refractivity contribution is -0.384. The van der Waals surface area contributed by atoms with Gasteiger partial charge in [-0.25, -0.2) is 0 Å². The molecule has 19 heavy (non-hydrogen) atoms. The minimum Gasteiger partial charge on any atom is -0.320 e. The molecule has 0 spiro atoms. The van der Waals surface area contributed by atoms with Crippen LogP contribution in [0.15, 0.2) is 46.9 Å². The Hall–Kier alpha value is -1.72. The van der Waals surface area contributed by atoms with Gasteiger partial charge in [-0.15, -0.1) is 0 Å². The summed E-state index contributed by atoms with van der Waals surface area (Å²) in [5.41, 5.74) is 8.90. The average molecular weight is 321 g/mol. The molecule has 0 aromatic heterocycles. The predicted octanol–water partition coefficient (Wildman–Crippen LogP) is 3.71. The molecule has 0 aliphatic carbocycles. The van der Waals surface area contributed by atoms with Crippen molar-refractivity contribution in [1.82, 2.24) is 0 Å². The molecule has 2 rings (SSSR count). The topological polar surface area (TPSA) is 69.2 Å². The van der Waals surface area contributed by atoms with Crippen LogP contribution in [0.5, 0.6) is 0 Å². The van der Waals surface area contributed by atoms with Crippen LogP contribution < -0.4 is 5.73 Å². The van der Waals surface area contributed by atoms with E-state index in [1.54, 1.807) is 12.1 Å². The number of non-ortho nitro benzene ring substituents is 1. The van der Waals surface area contributed by atoms with E-state index in [1.807, 2.05) is 31.2 Å². The fraction of sp³-hybridized carbons (Fsp3) is 0.143. The Kier molecular flexibility index (Phi) is 3.97. The van der Waals surface area contributed by atoms with E-state index in [0.717, 1.165) is 21.2 Å². The third-order valence-corrected chi connectivity index (χ3v) is 3.77. The Morgan fingerprint density at radius 2 is 1.89 bits per heavy atom. The number of nitro groups is 1. The van der Waals surface area contributed by atoms with Crippen molar-refractivity contribution in [1.29, 1.82) is 0 Å². The summed E-state index contributed by atoms with van der Waals surface area (Å²) in [5.74, 6) is 0. The molecular formula is C14H13BrN2O2. The van der Waals surface area contributed by atoms with Gasteiger partial charge in [-0.05, 0) is 29.7 Å². The highest BCUT2D eigenvalue weighted by atomic mass is 79.9. The van der Waals surface area contributed by atoms with E-state index in [2.05, 4.69) is 15.9 Å². The van der Waals surface area contributed by atoms with Gasteiger partial charge in [-0.3, -0.25) is 10.1 Å². The van der Waals surface area contributed by atoms with Gasteiger partial charge in [-0.1, -0.05) is 40.2 Å². The standard InChI is InChI=1S/C14H13BrN2O2/c1-9-6-7-10(17(18)19)8-12(9)14(16)11-4-2-3-5-13(11)15/h2-8,14H,16H2,1H3. The summed E-state index contributed by atoms with van der Waals surface area (Å²) in [6, 6.07) is 12.0. The largest absolute Gasteiger partial charge is 0.320 e. The van der Waals surface area contributed by atoms with Crippen LogP contribution >= 0.6 is 15.9 Å². The smallest absolute Gasteiger partial charge is 0.269 e. The van der Waals surface area contributed by atoms with Gasteiger partial charge in [0.1, 0.15) is 0 Å². The van der Waals surface area contributed by atoms with E-state index in [4.69, 9.17) is 5.73 Å². The molecule has 0 aliphatic heterocycles. The Morgan fingerprint density at radius 3 is 2.53 bits per heavy atom. The number of nitro benzene ring substituents is 1. The highest BCUT2D eigenvalue weighted by molar-refractivity contribution is 9.10. The normalized spacial score (nSPS) is 12.2. The molecule has 0 radical (unpaired) electrons. The van der Waals surface area contributed by atoms with Crippen molar-refractivity contribution in [2.24, 2.45) is 5.73 Å². The quantitative estimate of drug-likeness (QED) is 0.692. The van der Waals surface area contributed by atoms with Crippen LogP contribution in [-0.2, 0) is 0 Å². The number of rotatable bonds is 3. The Balaban J connectivity index is 2.49. The molecule has 0 saturated heterocycles. The molecule has 0 amide bonds. The zero-order valence-electron chi connectivity index (χ0n) is 10.3. The molecule has 2 N–H and O–H groups in total. The van der Waals surface area contributed by atoms with Crippen molar-refractivity contribution in [3.63, 3.8) is 0 Å². The van der Waals surface area contributed by atoms with E-state index in [-0.39, 0.29) is 5.69 Å². The number of nitrogens with zero attached hydrogens (tertiary/aromatic N) is 1. The first-order valence-corrected chi connectivity index (χ1v) is 6.55. The molecule has 98 valence electrons. The van der Waals surface area contributed by atoms with Gasteiger partial charge in [0.25, 0.3) is 5.69 Å². The first kappa shape index (κ1) is 13.7. The highest BCUT2D eigenvalue weighted by Gasteiger charge is 2.17. The molecular weight excluding hydrogens is 308 g/mol. The lowest BCUT2D eigenvalue weighted by Gasteiger charge is -2.16. The minimum atomic E-state index is -0.407. The van der Waals surface area contributed by atoms with Crippen LogP contribution in [0.1, 0.15) is 22.7 Å². The van der Waals surface area contributed by atoms with Gasteiger partial charge in [0.15, 0.2) is 0 Å². The van der Waals surface area contributed by atoms with Gasteiger partial charge in [0.05, 0.1) is 11.0 Å². The highest BCUT2D eigenvalue weighted by Crippen LogP contribution is 2.30. The summed E-state index contributed by atoms with van der Waals surface area (Å²) in [4.78, 5) is 10.4. The third kappa shape index (κ3) is 2.83. The monoisotopic (exact) mass is 320 g/mol. The predicted molar refractivity (Wildman–Crippen MR) is 78.0 cm³/mol. The second kappa shape index (κ2) is 5.50. The van der Waals surface area contributed by atoms with Crippen LogP contribution in [0.25, 0.3) is 0 Å². The van der Waals surface area contributed by atoms with Crippen LogP contribution in [0.2, 0.25) is 0 Å². The van der Waals surface area contributed by atoms with Gasteiger partial charge < -0.3 is 5.73 Å². The van der Waals surface area contributed by atoms with Gasteiger partial charge in [-0.2, -0.15) is 0 Å². The van der Waals surface area contributed by atoms with E-state index < -0.39 is 11.0 Å². The third-order valence-electron chi connectivity index (χ3n) is 3.05. The zero-order chi connectivity index (χ0) is 14.0. The molecule has 1 atom stereocenters. The Bertz CT molecular complexity index is 629. The van der Waals surface area contributed by atoms with Crippen molar-refractivity contribution in [3.05, 3.63) is 73.7 Å². The van der Waals surface area contributed by atoms with E-state index >= 15 is 0 Å². The van der Waals surface area contributed by atoms with Crippen molar-refractivity contribution in [2.75, 3.05) is 0 Å². The molecule has 4 nitrogen and oxygen atoms in total. The summed E-state index contributed by atoms with van der Waals surface area (Å²) in [6.07, 6.45) is 0. The summed E-state index contributed by atoms with van der Waals surface area (Å²) in [6.45, 7) is 1.90. The SMILES string of the molecule is Cc1ccc([N+](=O)[O-])cc1C(N)c1ccccc1Br. The summed E-state index contributed by atoms with van der Waals surface area (Å²) in [7, 11) is 0. The van der Waals surface area contributed by atoms with Gasteiger partial charge in [0, 0.05) is 16.6 Å². The fourth-order valence-electron chi connectivity index (χ4n) is 1.97. The maximum Gasteiger partial charge on any atom is 0.269 e. The van der Waals surface area contributed by atoms with Crippen molar-refractivity contribution >= 4 is 21.6 Å². The summed E-state index contributed by atoms with van der Waals surface area (Å²) < 4.78 is 0.897. The number of nitrogens with two attached hydrogens (primary N) is 1. The van der Waals surface area contributed by atoms with Crippen LogP contribution in [0.4, 0.5) is 5.69 Å². The van der Waals surface area contributed by atoms with Crippen molar-refractivity contribution in [2.45, 2.75) is 13.0 Å². The molecule has 0 bridgehead atoms. The molecule has 0 saturated carbocycles. The van der Waals surface area contributed by atoms with Gasteiger partial charge >= 0.3 is 0 Å². The fourth-order valence-corrected chi connectivity index (χ4v) is 2.50. The maximum atomic E-state index is 10.8. The molecule has 0 aliphatic rings. The number of benzene rings is 2. The second-order valence-electron chi connectivity index (χ2n) is 4.30. The maximum absolute atomic E-state index is 10.8. The Labute approximate surface area is 119 Å².